The van der Waals surface area contributed by atoms with Crippen molar-refractivity contribution >= 4 is 5.97 Å². The zero-order chi connectivity index (χ0) is 24.8. The Morgan fingerprint density at radius 3 is 2.14 bits per heavy atom. The highest BCUT2D eigenvalue weighted by molar-refractivity contribution is 5.72. The van der Waals surface area contributed by atoms with Crippen LogP contribution in [0, 0.1) is 17.8 Å². The second-order valence-electron chi connectivity index (χ2n) is 9.30. The Balaban J connectivity index is 1.56. The van der Waals surface area contributed by atoms with E-state index in [1.807, 2.05) is 36.4 Å². The molecule has 35 heavy (non-hydrogen) atoms. The number of esters is 1. The van der Waals surface area contributed by atoms with Crippen LogP contribution in [0.2, 0.25) is 0 Å². The van der Waals surface area contributed by atoms with Gasteiger partial charge in [-0.2, -0.15) is 0 Å². The topological polar surface area (TPSA) is 72.5 Å². The maximum absolute atomic E-state index is 12.7. The molecule has 1 aliphatic carbocycles. The molecular weight excluding hydrogens is 448 g/mol. The lowest BCUT2D eigenvalue weighted by Crippen LogP contribution is -2.26. The molecule has 0 N–H and O–H groups in total. The first-order valence-electron chi connectivity index (χ1n) is 12.3. The Hall–Kier alpha value is -2.93. The van der Waals surface area contributed by atoms with E-state index in [4.69, 9.17) is 28.4 Å². The van der Waals surface area contributed by atoms with Crippen LogP contribution in [0.4, 0.5) is 0 Å². The molecule has 0 spiro atoms. The molecule has 0 radical (unpaired) electrons. The van der Waals surface area contributed by atoms with E-state index < -0.39 is 0 Å². The van der Waals surface area contributed by atoms with Gasteiger partial charge in [0.05, 0.1) is 53.7 Å². The van der Waals surface area contributed by atoms with Gasteiger partial charge in [-0.3, -0.25) is 4.79 Å². The standard InChI is InChI=1S/C28H36O7/c1-30-23-11-9-18(14-25(23)32-3)13-21-16-34-27(20-10-12-24(31-2)26(15-20)33-4)22(21)17-35-28(29)19-7-5-6-8-19/h9-12,14-15,19,21-22,27H,5-8,13,16-17H2,1-4H3/t21-,22-,27+/m0/s1. The Bertz CT molecular complexity index is 999. The van der Waals surface area contributed by atoms with E-state index in [0.717, 1.165) is 43.2 Å². The number of carbonyl (C=O) groups excluding carboxylic acids is 1. The van der Waals surface area contributed by atoms with Gasteiger partial charge in [-0.1, -0.05) is 25.0 Å². The smallest absolute Gasteiger partial charge is 0.308 e. The number of hydrogen-bond acceptors (Lipinski definition) is 7. The van der Waals surface area contributed by atoms with Crippen LogP contribution in [-0.4, -0.2) is 47.6 Å². The quantitative estimate of drug-likeness (QED) is 0.440. The Kier molecular flexibility index (Phi) is 8.39. The van der Waals surface area contributed by atoms with Gasteiger partial charge in [-0.25, -0.2) is 0 Å². The van der Waals surface area contributed by atoms with Crippen LogP contribution in [0.1, 0.15) is 42.9 Å². The molecule has 0 unspecified atom stereocenters. The Morgan fingerprint density at radius 2 is 1.49 bits per heavy atom. The number of methoxy groups -OCH3 is 4. The first kappa shape index (κ1) is 25.2. The largest absolute Gasteiger partial charge is 0.493 e. The van der Waals surface area contributed by atoms with E-state index in [-0.39, 0.29) is 29.8 Å². The molecule has 7 nitrogen and oxygen atoms in total. The highest BCUT2D eigenvalue weighted by Crippen LogP contribution is 2.43. The molecule has 2 aromatic rings. The van der Waals surface area contributed by atoms with E-state index in [0.29, 0.717) is 36.2 Å². The SMILES string of the molecule is COc1ccc(C[C@H]2CO[C@H](c3ccc(OC)c(OC)c3)[C@H]2COC(=O)C2CCCC2)cc1OC. The molecule has 0 aromatic heterocycles. The summed E-state index contributed by atoms with van der Waals surface area (Å²) in [4.78, 5) is 12.7. The van der Waals surface area contributed by atoms with Gasteiger partial charge < -0.3 is 28.4 Å². The molecule has 1 aliphatic heterocycles. The molecule has 2 aliphatic rings. The van der Waals surface area contributed by atoms with Crippen LogP contribution in [0.25, 0.3) is 0 Å². The van der Waals surface area contributed by atoms with Gasteiger partial charge in [-0.05, 0) is 60.6 Å². The zero-order valence-electron chi connectivity index (χ0n) is 21.1. The normalized spacial score (nSPS) is 22.1. The minimum Gasteiger partial charge on any atom is -0.493 e. The molecule has 2 aromatic carbocycles. The van der Waals surface area contributed by atoms with Gasteiger partial charge in [0.2, 0.25) is 0 Å². The Morgan fingerprint density at radius 1 is 0.857 bits per heavy atom. The van der Waals surface area contributed by atoms with E-state index in [1.54, 1.807) is 28.4 Å². The second-order valence-corrected chi connectivity index (χ2v) is 9.30. The van der Waals surface area contributed by atoms with Crippen molar-refractivity contribution in [2.24, 2.45) is 17.8 Å². The Labute approximate surface area is 207 Å². The lowest BCUT2D eigenvalue weighted by atomic mass is 9.84. The average Bonchev–Trinajstić information content (AvgIpc) is 3.57. The summed E-state index contributed by atoms with van der Waals surface area (Å²) in [5.74, 6) is 2.84. The summed E-state index contributed by atoms with van der Waals surface area (Å²) >= 11 is 0. The van der Waals surface area contributed by atoms with Gasteiger partial charge in [0.1, 0.15) is 0 Å². The van der Waals surface area contributed by atoms with Crippen molar-refractivity contribution in [2.75, 3.05) is 41.7 Å². The van der Waals surface area contributed by atoms with Crippen LogP contribution >= 0.6 is 0 Å². The van der Waals surface area contributed by atoms with Gasteiger partial charge >= 0.3 is 5.97 Å². The summed E-state index contributed by atoms with van der Waals surface area (Å²) in [5, 5.41) is 0. The average molecular weight is 485 g/mol. The summed E-state index contributed by atoms with van der Waals surface area (Å²) in [6.45, 7) is 0.894. The third kappa shape index (κ3) is 5.67. The van der Waals surface area contributed by atoms with Gasteiger partial charge in [0, 0.05) is 5.92 Å². The number of carbonyl (C=O) groups is 1. The number of benzene rings is 2. The highest BCUT2D eigenvalue weighted by atomic mass is 16.5. The summed E-state index contributed by atoms with van der Waals surface area (Å²) in [5.41, 5.74) is 2.11. The van der Waals surface area contributed by atoms with Crippen molar-refractivity contribution in [1.82, 2.24) is 0 Å². The lowest BCUT2D eigenvalue weighted by molar-refractivity contribution is -0.150. The summed E-state index contributed by atoms with van der Waals surface area (Å²) in [6, 6.07) is 11.8. The van der Waals surface area contributed by atoms with E-state index >= 15 is 0 Å². The molecule has 1 saturated heterocycles. The second kappa shape index (κ2) is 11.7. The van der Waals surface area contributed by atoms with Crippen LogP contribution < -0.4 is 18.9 Å². The maximum Gasteiger partial charge on any atom is 0.308 e. The van der Waals surface area contributed by atoms with E-state index in [1.165, 1.54) is 0 Å². The summed E-state index contributed by atoms with van der Waals surface area (Å²) in [7, 11) is 6.51. The third-order valence-electron chi connectivity index (χ3n) is 7.27. The molecular formula is C28H36O7. The van der Waals surface area contributed by atoms with Crippen molar-refractivity contribution in [2.45, 2.75) is 38.2 Å². The summed E-state index contributed by atoms with van der Waals surface area (Å²) < 4.78 is 34.0. The maximum atomic E-state index is 12.7. The first-order chi connectivity index (χ1) is 17.1. The molecule has 7 heteroatoms. The monoisotopic (exact) mass is 484 g/mol. The number of rotatable bonds is 10. The fraction of sp³-hybridized carbons (Fsp3) is 0.536. The van der Waals surface area contributed by atoms with Crippen LogP contribution in [-0.2, 0) is 20.7 Å². The number of ether oxygens (including phenoxy) is 6. The van der Waals surface area contributed by atoms with Crippen molar-refractivity contribution in [3.63, 3.8) is 0 Å². The lowest BCUT2D eigenvalue weighted by Gasteiger charge is -2.24. The molecule has 1 saturated carbocycles. The minimum atomic E-state index is -0.212. The van der Waals surface area contributed by atoms with Gasteiger partial charge in [0.15, 0.2) is 23.0 Å². The predicted octanol–water partition coefficient (Wildman–Crippen LogP) is 5.00. The van der Waals surface area contributed by atoms with Crippen LogP contribution in [0.15, 0.2) is 36.4 Å². The summed E-state index contributed by atoms with van der Waals surface area (Å²) in [6.07, 6.45) is 4.61. The molecule has 190 valence electrons. The fourth-order valence-electron chi connectivity index (χ4n) is 5.30. The zero-order valence-corrected chi connectivity index (χ0v) is 21.1. The minimum absolute atomic E-state index is 0.00607. The number of hydrogen-bond donors (Lipinski definition) is 0. The van der Waals surface area contributed by atoms with E-state index in [9.17, 15) is 4.79 Å². The predicted molar refractivity (Wildman–Crippen MR) is 131 cm³/mol. The van der Waals surface area contributed by atoms with Crippen molar-refractivity contribution in [3.05, 3.63) is 47.5 Å². The molecule has 3 atom stereocenters. The molecule has 1 heterocycles. The van der Waals surface area contributed by atoms with Crippen molar-refractivity contribution in [3.8, 4) is 23.0 Å². The molecule has 4 rings (SSSR count). The van der Waals surface area contributed by atoms with E-state index in [2.05, 4.69) is 0 Å². The van der Waals surface area contributed by atoms with Crippen LogP contribution in [0.5, 0.6) is 23.0 Å². The van der Waals surface area contributed by atoms with Gasteiger partial charge in [-0.15, -0.1) is 0 Å². The fourth-order valence-corrected chi connectivity index (χ4v) is 5.30. The highest BCUT2D eigenvalue weighted by Gasteiger charge is 2.40. The molecule has 0 amide bonds. The van der Waals surface area contributed by atoms with Crippen LogP contribution in [0.3, 0.4) is 0 Å². The molecule has 2 fully saturated rings. The third-order valence-corrected chi connectivity index (χ3v) is 7.27. The molecule has 0 bridgehead atoms. The van der Waals surface area contributed by atoms with Crippen molar-refractivity contribution in [1.29, 1.82) is 0 Å². The van der Waals surface area contributed by atoms with Gasteiger partial charge in [0.25, 0.3) is 0 Å². The van der Waals surface area contributed by atoms with Crippen molar-refractivity contribution < 1.29 is 33.2 Å². The first-order valence-corrected chi connectivity index (χ1v) is 12.3.